The molecule has 0 amide bonds. The summed E-state index contributed by atoms with van der Waals surface area (Å²) in [6.07, 6.45) is 1.44. The summed E-state index contributed by atoms with van der Waals surface area (Å²) < 4.78 is 10.00. The molecule has 3 unspecified atom stereocenters. The Morgan fingerprint density at radius 2 is 2.00 bits per heavy atom. The fourth-order valence-electron chi connectivity index (χ4n) is 2.54. The molecule has 1 heterocycles. The third-order valence-corrected chi connectivity index (χ3v) is 3.65. The van der Waals surface area contributed by atoms with Crippen molar-refractivity contribution in [3.63, 3.8) is 0 Å². The molecule has 5 nitrogen and oxygen atoms in total. The standard InChI is InChI=1S/C15H18N2O3/c1-19-14-8-12(7-13(9-16)17-14)10-3-5-11(6-4-10)15(18)20-2/h3-6,12-14,17H,7-8H2,1-2H3. The molecule has 1 saturated heterocycles. The summed E-state index contributed by atoms with van der Waals surface area (Å²) in [6, 6.07) is 9.38. The maximum atomic E-state index is 11.4. The maximum absolute atomic E-state index is 11.4. The summed E-state index contributed by atoms with van der Waals surface area (Å²) in [5.74, 6) is -0.0934. The van der Waals surface area contributed by atoms with Crippen molar-refractivity contribution in [3.05, 3.63) is 35.4 Å². The molecule has 1 aliphatic rings. The van der Waals surface area contributed by atoms with E-state index in [0.29, 0.717) is 5.56 Å². The minimum Gasteiger partial charge on any atom is -0.465 e. The molecule has 2 rings (SSSR count). The van der Waals surface area contributed by atoms with Gasteiger partial charge in [0.2, 0.25) is 0 Å². The molecule has 1 fully saturated rings. The lowest BCUT2D eigenvalue weighted by Gasteiger charge is -2.32. The Bertz CT molecular complexity index is 507. The SMILES string of the molecule is COC(=O)c1ccc(C2CC(C#N)NC(OC)C2)cc1. The van der Waals surface area contributed by atoms with Crippen LogP contribution in [0.1, 0.15) is 34.7 Å². The highest BCUT2D eigenvalue weighted by molar-refractivity contribution is 5.89. The summed E-state index contributed by atoms with van der Waals surface area (Å²) in [4.78, 5) is 11.4. The Morgan fingerprint density at radius 3 is 2.55 bits per heavy atom. The second-order valence-corrected chi connectivity index (χ2v) is 4.85. The van der Waals surface area contributed by atoms with Crippen molar-refractivity contribution >= 4 is 5.97 Å². The number of nitriles is 1. The smallest absolute Gasteiger partial charge is 0.337 e. The third-order valence-electron chi connectivity index (χ3n) is 3.65. The van der Waals surface area contributed by atoms with E-state index >= 15 is 0 Å². The molecule has 0 spiro atoms. The number of esters is 1. The molecule has 0 aromatic heterocycles. The first-order valence-electron chi connectivity index (χ1n) is 6.54. The van der Waals surface area contributed by atoms with Gasteiger partial charge in [-0.05, 0) is 36.5 Å². The van der Waals surface area contributed by atoms with Crippen molar-refractivity contribution in [2.45, 2.75) is 31.0 Å². The first kappa shape index (κ1) is 14.5. The lowest BCUT2D eigenvalue weighted by atomic mass is 9.85. The Morgan fingerprint density at radius 1 is 1.30 bits per heavy atom. The van der Waals surface area contributed by atoms with Gasteiger partial charge in [-0.3, -0.25) is 5.32 Å². The fraction of sp³-hybridized carbons (Fsp3) is 0.467. The number of nitrogens with zero attached hydrogens (tertiary/aromatic N) is 1. The Kier molecular flexibility index (Phi) is 4.72. The van der Waals surface area contributed by atoms with E-state index in [1.165, 1.54) is 7.11 Å². The Labute approximate surface area is 118 Å². The number of methoxy groups -OCH3 is 2. The highest BCUT2D eigenvalue weighted by Gasteiger charge is 2.29. The highest BCUT2D eigenvalue weighted by atomic mass is 16.5. The molecule has 1 aliphatic heterocycles. The van der Waals surface area contributed by atoms with E-state index in [-0.39, 0.29) is 24.2 Å². The van der Waals surface area contributed by atoms with Gasteiger partial charge in [-0.2, -0.15) is 5.26 Å². The van der Waals surface area contributed by atoms with Crippen LogP contribution in [0.5, 0.6) is 0 Å². The number of benzene rings is 1. The van der Waals surface area contributed by atoms with Crippen molar-refractivity contribution in [3.8, 4) is 6.07 Å². The molecule has 0 radical (unpaired) electrons. The van der Waals surface area contributed by atoms with Crippen LogP contribution < -0.4 is 5.32 Å². The molecular weight excluding hydrogens is 256 g/mol. The van der Waals surface area contributed by atoms with Crippen molar-refractivity contribution in [1.82, 2.24) is 5.32 Å². The van der Waals surface area contributed by atoms with Crippen LogP contribution in [0.4, 0.5) is 0 Å². The van der Waals surface area contributed by atoms with Gasteiger partial charge >= 0.3 is 5.97 Å². The molecule has 3 atom stereocenters. The molecule has 1 aromatic carbocycles. The van der Waals surface area contributed by atoms with Gasteiger partial charge in [0.15, 0.2) is 0 Å². The van der Waals surface area contributed by atoms with E-state index < -0.39 is 0 Å². The largest absolute Gasteiger partial charge is 0.465 e. The lowest BCUT2D eigenvalue weighted by molar-refractivity contribution is 0.0364. The number of ether oxygens (including phenoxy) is 2. The highest BCUT2D eigenvalue weighted by Crippen LogP contribution is 2.30. The number of hydrogen-bond donors (Lipinski definition) is 1. The van der Waals surface area contributed by atoms with E-state index in [2.05, 4.69) is 16.1 Å². The topological polar surface area (TPSA) is 71.4 Å². The van der Waals surface area contributed by atoms with Crippen molar-refractivity contribution < 1.29 is 14.3 Å². The summed E-state index contributed by atoms with van der Waals surface area (Å²) in [7, 11) is 3.00. The van der Waals surface area contributed by atoms with E-state index in [4.69, 9.17) is 10.00 Å². The fourth-order valence-corrected chi connectivity index (χ4v) is 2.54. The number of rotatable bonds is 3. The van der Waals surface area contributed by atoms with Crippen LogP contribution in [-0.2, 0) is 9.47 Å². The van der Waals surface area contributed by atoms with E-state index in [1.807, 2.05) is 12.1 Å². The monoisotopic (exact) mass is 274 g/mol. The molecule has 106 valence electrons. The van der Waals surface area contributed by atoms with Crippen LogP contribution in [0.25, 0.3) is 0 Å². The van der Waals surface area contributed by atoms with Gasteiger partial charge in [-0.1, -0.05) is 12.1 Å². The second-order valence-electron chi connectivity index (χ2n) is 4.85. The van der Waals surface area contributed by atoms with Crippen molar-refractivity contribution in [1.29, 1.82) is 5.26 Å². The van der Waals surface area contributed by atoms with Crippen LogP contribution in [0, 0.1) is 11.3 Å². The molecule has 0 saturated carbocycles. The van der Waals surface area contributed by atoms with Crippen molar-refractivity contribution in [2.75, 3.05) is 14.2 Å². The van der Waals surface area contributed by atoms with Gasteiger partial charge in [0.25, 0.3) is 0 Å². The molecule has 0 aliphatic carbocycles. The second kappa shape index (κ2) is 6.51. The third kappa shape index (κ3) is 3.16. The zero-order valence-electron chi connectivity index (χ0n) is 11.6. The molecule has 20 heavy (non-hydrogen) atoms. The van der Waals surface area contributed by atoms with Crippen LogP contribution in [0.2, 0.25) is 0 Å². The van der Waals surface area contributed by atoms with Crippen LogP contribution in [-0.4, -0.2) is 32.5 Å². The van der Waals surface area contributed by atoms with E-state index in [0.717, 1.165) is 18.4 Å². The van der Waals surface area contributed by atoms with Crippen LogP contribution >= 0.6 is 0 Å². The number of piperidine rings is 1. The first-order valence-corrected chi connectivity index (χ1v) is 6.54. The molecule has 1 aromatic rings. The number of carbonyl (C=O) groups excluding carboxylic acids is 1. The Hall–Kier alpha value is -1.90. The van der Waals surface area contributed by atoms with Gasteiger partial charge in [0.1, 0.15) is 6.23 Å². The lowest BCUT2D eigenvalue weighted by Crippen LogP contribution is -2.45. The average Bonchev–Trinajstić information content (AvgIpc) is 2.53. The van der Waals surface area contributed by atoms with E-state index in [9.17, 15) is 4.79 Å². The minimum atomic E-state index is -0.341. The molecule has 5 heteroatoms. The maximum Gasteiger partial charge on any atom is 0.337 e. The number of carbonyl (C=O) groups is 1. The van der Waals surface area contributed by atoms with Crippen LogP contribution in [0.15, 0.2) is 24.3 Å². The summed E-state index contributed by atoms with van der Waals surface area (Å²) in [5, 5.41) is 12.2. The number of nitrogens with one attached hydrogen (secondary N) is 1. The van der Waals surface area contributed by atoms with Gasteiger partial charge in [0, 0.05) is 7.11 Å². The van der Waals surface area contributed by atoms with Gasteiger partial charge in [-0.25, -0.2) is 4.79 Å². The average molecular weight is 274 g/mol. The Balaban J connectivity index is 2.14. The first-order chi connectivity index (χ1) is 9.67. The predicted octanol–water partition coefficient (Wildman–Crippen LogP) is 1.80. The van der Waals surface area contributed by atoms with Crippen LogP contribution in [0.3, 0.4) is 0 Å². The number of hydrogen-bond acceptors (Lipinski definition) is 5. The normalized spacial score (nSPS) is 25.8. The molecule has 0 bridgehead atoms. The summed E-state index contributed by atoms with van der Waals surface area (Å²) >= 11 is 0. The summed E-state index contributed by atoms with van der Waals surface area (Å²) in [6.45, 7) is 0. The zero-order chi connectivity index (χ0) is 14.5. The van der Waals surface area contributed by atoms with Gasteiger partial charge in [0.05, 0.1) is 24.8 Å². The van der Waals surface area contributed by atoms with E-state index in [1.54, 1.807) is 19.2 Å². The van der Waals surface area contributed by atoms with Crippen molar-refractivity contribution in [2.24, 2.45) is 0 Å². The quantitative estimate of drug-likeness (QED) is 0.851. The van der Waals surface area contributed by atoms with Gasteiger partial charge < -0.3 is 9.47 Å². The van der Waals surface area contributed by atoms with Gasteiger partial charge in [-0.15, -0.1) is 0 Å². The predicted molar refractivity (Wildman–Crippen MR) is 73.1 cm³/mol. The minimum absolute atomic E-state index is 0.112. The molecule has 1 N–H and O–H groups in total. The zero-order valence-corrected chi connectivity index (χ0v) is 11.6. The summed E-state index contributed by atoms with van der Waals surface area (Å²) in [5.41, 5.74) is 1.65. The molecular formula is C15H18N2O3.